The molecule has 0 radical (unpaired) electrons. The molecule has 0 saturated carbocycles. The number of hydrogen-bond donors (Lipinski definition) is 1. The zero-order valence-electron chi connectivity index (χ0n) is 10.4. The maximum absolute atomic E-state index is 6.38. The topological polar surface area (TPSA) is 26.0 Å². The van der Waals surface area contributed by atoms with Gasteiger partial charge in [0, 0.05) is 5.02 Å². The summed E-state index contributed by atoms with van der Waals surface area (Å²) < 4.78 is 0. The number of rotatable bonds is 2. The lowest BCUT2D eigenvalue weighted by molar-refractivity contribution is 0.687. The first-order valence-corrected chi connectivity index (χ1v) is 6.77. The van der Waals surface area contributed by atoms with Crippen LogP contribution in [0.4, 0.5) is 0 Å². The Morgan fingerprint density at radius 1 is 1.24 bits per heavy atom. The second-order valence-corrected chi connectivity index (χ2v) is 5.22. The molecule has 2 N–H and O–H groups in total. The van der Waals surface area contributed by atoms with E-state index in [9.17, 15) is 0 Å². The molecule has 0 aliphatic heterocycles. The predicted octanol–water partition coefficient (Wildman–Crippen LogP) is 4.54. The number of halogens is 1. The van der Waals surface area contributed by atoms with Crippen LogP contribution < -0.4 is 5.73 Å². The average Bonchev–Trinajstić information content (AvgIpc) is 2.60. The van der Waals surface area contributed by atoms with Crippen LogP contribution in [0.15, 0.2) is 29.8 Å². The first-order valence-electron chi connectivity index (χ1n) is 6.39. The standard InChI is InChI=1S/C15H20ClN/c1-11-13(9-6-10-14(11)16)15(17)12-7-4-2-3-5-8-12/h6-7,9-10,15H,2-5,8,17H2,1H3. The predicted molar refractivity (Wildman–Crippen MR) is 74.3 cm³/mol. The molecule has 0 spiro atoms. The normalized spacial score (nSPS) is 18.4. The molecule has 0 aromatic heterocycles. The Kier molecular flexibility index (Phi) is 4.25. The van der Waals surface area contributed by atoms with Crippen molar-refractivity contribution in [2.45, 2.75) is 45.1 Å². The highest BCUT2D eigenvalue weighted by Gasteiger charge is 2.16. The fourth-order valence-electron chi connectivity index (χ4n) is 2.48. The fourth-order valence-corrected chi connectivity index (χ4v) is 2.66. The van der Waals surface area contributed by atoms with Crippen molar-refractivity contribution < 1.29 is 0 Å². The Balaban J connectivity index is 2.26. The molecule has 2 heteroatoms. The van der Waals surface area contributed by atoms with Crippen LogP contribution in [0, 0.1) is 6.92 Å². The van der Waals surface area contributed by atoms with E-state index in [0.29, 0.717) is 0 Å². The van der Waals surface area contributed by atoms with Crippen molar-refractivity contribution >= 4 is 11.6 Å². The molecule has 0 amide bonds. The van der Waals surface area contributed by atoms with Gasteiger partial charge < -0.3 is 5.73 Å². The largest absolute Gasteiger partial charge is 0.321 e. The quantitative estimate of drug-likeness (QED) is 0.766. The van der Waals surface area contributed by atoms with Gasteiger partial charge >= 0.3 is 0 Å². The Morgan fingerprint density at radius 3 is 2.88 bits per heavy atom. The molecule has 0 heterocycles. The highest BCUT2D eigenvalue weighted by atomic mass is 35.5. The molecule has 92 valence electrons. The van der Waals surface area contributed by atoms with E-state index in [1.54, 1.807) is 0 Å². The van der Waals surface area contributed by atoms with Crippen molar-refractivity contribution in [1.82, 2.24) is 0 Å². The number of benzene rings is 1. The van der Waals surface area contributed by atoms with Crippen molar-refractivity contribution in [3.63, 3.8) is 0 Å². The van der Waals surface area contributed by atoms with Crippen LogP contribution in [0.1, 0.15) is 49.3 Å². The highest BCUT2D eigenvalue weighted by molar-refractivity contribution is 6.31. The lowest BCUT2D eigenvalue weighted by Gasteiger charge is -2.18. The Bertz CT molecular complexity index is 423. The van der Waals surface area contributed by atoms with Crippen LogP contribution in [0.5, 0.6) is 0 Å². The first kappa shape index (κ1) is 12.7. The van der Waals surface area contributed by atoms with Crippen molar-refractivity contribution in [2.24, 2.45) is 5.73 Å². The second kappa shape index (κ2) is 5.70. The molecule has 0 fully saturated rings. The molecule has 1 aliphatic rings. The summed E-state index contributed by atoms with van der Waals surface area (Å²) in [6.45, 7) is 2.05. The summed E-state index contributed by atoms with van der Waals surface area (Å²) in [6, 6.07) is 6.03. The summed E-state index contributed by atoms with van der Waals surface area (Å²) >= 11 is 6.15. The van der Waals surface area contributed by atoms with Crippen LogP contribution in [0.3, 0.4) is 0 Å². The van der Waals surface area contributed by atoms with Crippen LogP contribution in [0.2, 0.25) is 5.02 Å². The molecule has 0 saturated heterocycles. The molecule has 1 aliphatic carbocycles. The van der Waals surface area contributed by atoms with E-state index in [-0.39, 0.29) is 6.04 Å². The highest BCUT2D eigenvalue weighted by Crippen LogP contribution is 2.31. The average molecular weight is 250 g/mol. The molecule has 1 unspecified atom stereocenters. The molecular formula is C15H20ClN. The van der Waals surface area contributed by atoms with Gasteiger partial charge in [0.2, 0.25) is 0 Å². The van der Waals surface area contributed by atoms with Gasteiger partial charge in [0.1, 0.15) is 0 Å². The van der Waals surface area contributed by atoms with Gasteiger partial charge in [0.05, 0.1) is 6.04 Å². The molecule has 2 rings (SSSR count). The summed E-state index contributed by atoms with van der Waals surface area (Å²) in [5.41, 5.74) is 10.1. The molecule has 0 bridgehead atoms. The van der Waals surface area contributed by atoms with Crippen LogP contribution in [-0.4, -0.2) is 0 Å². The van der Waals surface area contributed by atoms with Gasteiger partial charge in [-0.1, -0.05) is 41.8 Å². The third kappa shape index (κ3) is 2.91. The second-order valence-electron chi connectivity index (χ2n) is 4.81. The van der Waals surface area contributed by atoms with Gasteiger partial charge in [-0.15, -0.1) is 0 Å². The maximum atomic E-state index is 6.38. The lowest BCUT2D eigenvalue weighted by Crippen LogP contribution is -2.14. The molecular weight excluding hydrogens is 230 g/mol. The molecule has 1 aromatic rings. The van der Waals surface area contributed by atoms with E-state index in [2.05, 4.69) is 19.1 Å². The fraction of sp³-hybridized carbons (Fsp3) is 0.467. The minimum absolute atomic E-state index is 0.0202. The maximum Gasteiger partial charge on any atom is 0.0514 e. The van der Waals surface area contributed by atoms with Crippen molar-refractivity contribution in [3.8, 4) is 0 Å². The first-order chi connectivity index (χ1) is 8.20. The van der Waals surface area contributed by atoms with Gasteiger partial charge in [-0.25, -0.2) is 0 Å². The summed E-state index contributed by atoms with van der Waals surface area (Å²) in [5.74, 6) is 0. The molecule has 1 nitrogen and oxygen atoms in total. The minimum Gasteiger partial charge on any atom is -0.321 e. The Labute approximate surface area is 109 Å². The van der Waals surface area contributed by atoms with Crippen LogP contribution in [0.25, 0.3) is 0 Å². The van der Waals surface area contributed by atoms with E-state index in [1.807, 2.05) is 12.1 Å². The lowest BCUT2D eigenvalue weighted by atomic mass is 9.93. The van der Waals surface area contributed by atoms with Crippen LogP contribution >= 0.6 is 11.6 Å². The van der Waals surface area contributed by atoms with E-state index < -0.39 is 0 Å². The molecule has 1 aromatic carbocycles. The summed E-state index contributed by atoms with van der Waals surface area (Å²) in [7, 11) is 0. The van der Waals surface area contributed by atoms with Gasteiger partial charge in [0.25, 0.3) is 0 Å². The molecule has 1 atom stereocenters. The van der Waals surface area contributed by atoms with Gasteiger partial charge in [-0.2, -0.15) is 0 Å². The van der Waals surface area contributed by atoms with Gasteiger partial charge in [-0.05, 0) is 49.8 Å². The van der Waals surface area contributed by atoms with Crippen molar-refractivity contribution in [3.05, 3.63) is 46.0 Å². The van der Waals surface area contributed by atoms with E-state index in [1.165, 1.54) is 36.8 Å². The monoisotopic (exact) mass is 249 g/mol. The van der Waals surface area contributed by atoms with E-state index >= 15 is 0 Å². The third-order valence-corrected chi connectivity index (χ3v) is 4.03. The van der Waals surface area contributed by atoms with Crippen molar-refractivity contribution in [1.29, 1.82) is 0 Å². The van der Waals surface area contributed by atoms with Gasteiger partial charge in [0.15, 0.2) is 0 Å². The number of nitrogens with two attached hydrogens (primary N) is 1. The Morgan fingerprint density at radius 2 is 2.06 bits per heavy atom. The summed E-state index contributed by atoms with van der Waals surface area (Å²) in [4.78, 5) is 0. The minimum atomic E-state index is 0.0202. The zero-order chi connectivity index (χ0) is 12.3. The van der Waals surface area contributed by atoms with E-state index in [4.69, 9.17) is 17.3 Å². The summed E-state index contributed by atoms with van der Waals surface area (Å²) in [6.07, 6.45) is 8.51. The number of allylic oxidation sites excluding steroid dienone is 1. The summed E-state index contributed by atoms with van der Waals surface area (Å²) in [5, 5.41) is 0.812. The SMILES string of the molecule is Cc1c(Cl)cccc1C(N)C1=CCCCCC1. The Hall–Kier alpha value is -0.790. The zero-order valence-corrected chi connectivity index (χ0v) is 11.1. The van der Waals surface area contributed by atoms with Crippen molar-refractivity contribution in [2.75, 3.05) is 0 Å². The third-order valence-electron chi connectivity index (χ3n) is 3.62. The van der Waals surface area contributed by atoms with Crippen LogP contribution in [-0.2, 0) is 0 Å². The molecule has 17 heavy (non-hydrogen) atoms. The number of hydrogen-bond acceptors (Lipinski definition) is 1. The smallest absolute Gasteiger partial charge is 0.0514 e. The van der Waals surface area contributed by atoms with Gasteiger partial charge in [-0.3, -0.25) is 0 Å². The van der Waals surface area contributed by atoms with E-state index in [0.717, 1.165) is 17.0 Å².